The van der Waals surface area contributed by atoms with Crippen molar-refractivity contribution in [2.24, 2.45) is 5.92 Å². The lowest BCUT2D eigenvalue weighted by Gasteiger charge is -2.05. The average Bonchev–Trinajstić information content (AvgIpc) is 2.46. The van der Waals surface area contributed by atoms with Crippen molar-refractivity contribution in [3.63, 3.8) is 0 Å². The van der Waals surface area contributed by atoms with Crippen LogP contribution in [0.1, 0.15) is 19.8 Å². The quantitative estimate of drug-likeness (QED) is 0.489. The second kappa shape index (κ2) is 2.45. The Labute approximate surface area is 66.2 Å². The van der Waals surface area contributed by atoms with E-state index in [1.165, 1.54) is 0 Å². The van der Waals surface area contributed by atoms with Gasteiger partial charge in [-0.2, -0.15) is 0 Å². The molecule has 1 heterocycles. The molecule has 0 amide bonds. The monoisotopic (exact) mass is 152 g/mol. The molecule has 0 aromatic rings. The Bertz CT molecular complexity index is 218. The van der Waals surface area contributed by atoms with E-state index in [9.17, 15) is 4.79 Å². The van der Waals surface area contributed by atoms with E-state index < -0.39 is 0 Å². The highest BCUT2D eigenvalue weighted by Crippen LogP contribution is 2.37. The minimum Gasteiger partial charge on any atom is -0.377 e. The van der Waals surface area contributed by atoms with Crippen LogP contribution in [0.3, 0.4) is 0 Å². The first-order valence-corrected chi connectivity index (χ1v) is 4.14. The molecule has 0 aromatic carbocycles. The minimum atomic E-state index is 0.216. The molecule has 2 rings (SSSR count). The summed E-state index contributed by atoms with van der Waals surface area (Å²) in [5.74, 6) is 0.717. The Morgan fingerprint density at radius 2 is 2.45 bits per heavy atom. The molecule has 0 bridgehead atoms. The van der Waals surface area contributed by atoms with Crippen LogP contribution in [0.15, 0.2) is 11.6 Å². The van der Waals surface area contributed by atoms with Gasteiger partial charge in [0.05, 0.1) is 6.10 Å². The van der Waals surface area contributed by atoms with Crippen molar-refractivity contribution in [1.29, 1.82) is 0 Å². The van der Waals surface area contributed by atoms with Crippen molar-refractivity contribution in [2.75, 3.05) is 6.61 Å². The van der Waals surface area contributed by atoms with E-state index in [0.717, 1.165) is 18.6 Å². The van der Waals surface area contributed by atoms with Crippen molar-refractivity contribution in [3.8, 4) is 0 Å². The van der Waals surface area contributed by atoms with Gasteiger partial charge in [-0.15, -0.1) is 0 Å². The molecule has 2 atom stereocenters. The van der Waals surface area contributed by atoms with Crippen LogP contribution in [0.25, 0.3) is 0 Å². The summed E-state index contributed by atoms with van der Waals surface area (Å²) in [6.45, 7) is 2.77. The number of ketones is 1. The summed E-state index contributed by atoms with van der Waals surface area (Å²) in [5.41, 5.74) is 1.01. The highest BCUT2D eigenvalue weighted by atomic mass is 16.5. The van der Waals surface area contributed by atoms with Gasteiger partial charge in [-0.3, -0.25) is 4.79 Å². The number of fused-ring (bicyclic) bond motifs is 1. The molecule has 0 spiro atoms. The molecule has 0 aromatic heterocycles. The van der Waals surface area contributed by atoms with E-state index in [1.807, 2.05) is 13.0 Å². The zero-order valence-corrected chi connectivity index (χ0v) is 6.67. The van der Waals surface area contributed by atoms with Crippen molar-refractivity contribution in [3.05, 3.63) is 11.6 Å². The highest BCUT2D eigenvalue weighted by molar-refractivity contribution is 5.98. The van der Waals surface area contributed by atoms with E-state index in [0.29, 0.717) is 18.1 Å². The van der Waals surface area contributed by atoms with Crippen molar-refractivity contribution >= 4 is 5.78 Å². The third kappa shape index (κ3) is 0.932. The highest BCUT2D eigenvalue weighted by Gasteiger charge is 2.41. The third-order valence-electron chi connectivity index (χ3n) is 2.63. The van der Waals surface area contributed by atoms with Gasteiger partial charge in [0.25, 0.3) is 0 Å². The Hall–Kier alpha value is -0.630. The summed E-state index contributed by atoms with van der Waals surface area (Å²) < 4.78 is 5.42. The fraction of sp³-hybridized carbons (Fsp3) is 0.667. The first-order valence-electron chi connectivity index (χ1n) is 4.14. The zero-order chi connectivity index (χ0) is 7.84. The maximum atomic E-state index is 11.3. The number of carbonyl (C=O) groups is 1. The van der Waals surface area contributed by atoms with E-state index in [2.05, 4.69) is 0 Å². The molecule has 0 radical (unpaired) electrons. The summed E-state index contributed by atoms with van der Waals surface area (Å²) in [6, 6.07) is 0. The number of hydrogen-bond donors (Lipinski definition) is 0. The second-order valence-corrected chi connectivity index (χ2v) is 3.18. The SMILES string of the molecule is C/C=C1\C(=O)C[C@@H]2OCC[C@@H]12. The van der Waals surface area contributed by atoms with Gasteiger partial charge >= 0.3 is 0 Å². The summed E-state index contributed by atoms with van der Waals surface area (Å²) >= 11 is 0. The zero-order valence-electron chi connectivity index (χ0n) is 6.67. The fourth-order valence-electron chi connectivity index (χ4n) is 2.09. The third-order valence-corrected chi connectivity index (χ3v) is 2.63. The van der Waals surface area contributed by atoms with Gasteiger partial charge in [-0.05, 0) is 18.9 Å². The predicted molar refractivity (Wildman–Crippen MR) is 41.2 cm³/mol. The molecule has 2 nitrogen and oxygen atoms in total. The van der Waals surface area contributed by atoms with Gasteiger partial charge in [-0.1, -0.05) is 6.08 Å². The van der Waals surface area contributed by atoms with E-state index in [4.69, 9.17) is 4.74 Å². The van der Waals surface area contributed by atoms with Gasteiger partial charge in [-0.25, -0.2) is 0 Å². The predicted octanol–water partition coefficient (Wildman–Crippen LogP) is 1.31. The molecule has 1 aliphatic carbocycles. The molecule has 2 heteroatoms. The fourth-order valence-corrected chi connectivity index (χ4v) is 2.09. The molecular formula is C9H12O2. The number of carbonyl (C=O) groups excluding carboxylic acids is 1. The molecule has 11 heavy (non-hydrogen) atoms. The van der Waals surface area contributed by atoms with Gasteiger partial charge in [0.15, 0.2) is 5.78 Å². The number of allylic oxidation sites excluding steroid dienone is 1. The van der Waals surface area contributed by atoms with Gasteiger partial charge in [0.2, 0.25) is 0 Å². The minimum absolute atomic E-state index is 0.216. The first-order chi connectivity index (χ1) is 5.33. The molecule has 1 saturated carbocycles. The summed E-state index contributed by atoms with van der Waals surface area (Å²) in [7, 11) is 0. The summed E-state index contributed by atoms with van der Waals surface area (Å²) in [4.78, 5) is 11.3. The first kappa shape index (κ1) is 7.04. The Balaban J connectivity index is 2.27. The van der Waals surface area contributed by atoms with Crippen LogP contribution >= 0.6 is 0 Å². The number of ether oxygens (including phenoxy) is 1. The van der Waals surface area contributed by atoms with Gasteiger partial charge < -0.3 is 4.74 Å². The topological polar surface area (TPSA) is 26.3 Å². The Kier molecular flexibility index (Phi) is 1.57. The molecule has 1 aliphatic heterocycles. The van der Waals surface area contributed by atoms with Crippen LogP contribution in [-0.4, -0.2) is 18.5 Å². The van der Waals surface area contributed by atoms with Crippen LogP contribution in [0.2, 0.25) is 0 Å². The van der Waals surface area contributed by atoms with Crippen LogP contribution in [-0.2, 0) is 9.53 Å². The van der Waals surface area contributed by atoms with Crippen LogP contribution < -0.4 is 0 Å². The lowest BCUT2D eigenvalue weighted by atomic mass is 9.99. The van der Waals surface area contributed by atoms with Crippen molar-refractivity contribution in [1.82, 2.24) is 0 Å². The molecule has 2 aliphatic rings. The molecule has 0 N–H and O–H groups in total. The maximum absolute atomic E-state index is 11.3. The summed E-state index contributed by atoms with van der Waals surface area (Å²) in [6.07, 6.45) is 3.82. The lowest BCUT2D eigenvalue weighted by Crippen LogP contribution is -2.07. The molecular weight excluding hydrogens is 140 g/mol. The number of rotatable bonds is 0. The Morgan fingerprint density at radius 3 is 3.18 bits per heavy atom. The number of Topliss-reactive ketones (excluding diaryl/α,β-unsaturated/α-hetero) is 1. The van der Waals surface area contributed by atoms with Crippen LogP contribution in [0.5, 0.6) is 0 Å². The van der Waals surface area contributed by atoms with E-state index in [-0.39, 0.29) is 6.10 Å². The second-order valence-electron chi connectivity index (χ2n) is 3.18. The molecule has 2 fully saturated rings. The average molecular weight is 152 g/mol. The van der Waals surface area contributed by atoms with E-state index >= 15 is 0 Å². The number of hydrogen-bond acceptors (Lipinski definition) is 2. The van der Waals surface area contributed by atoms with Crippen LogP contribution in [0, 0.1) is 5.92 Å². The molecule has 0 unspecified atom stereocenters. The molecule has 1 saturated heterocycles. The van der Waals surface area contributed by atoms with Crippen LogP contribution in [0.4, 0.5) is 0 Å². The smallest absolute Gasteiger partial charge is 0.161 e. The van der Waals surface area contributed by atoms with Gasteiger partial charge in [0, 0.05) is 18.9 Å². The lowest BCUT2D eigenvalue weighted by molar-refractivity contribution is -0.115. The van der Waals surface area contributed by atoms with Crippen molar-refractivity contribution in [2.45, 2.75) is 25.9 Å². The maximum Gasteiger partial charge on any atom is 0.161 e. The normalized spacial score (nSPS) is 40.1. The largest absolute Gasteiger partial charge is 0.377 e. The van der Waals surface area contributed by atoms with E-state index in [1.54, 1.807) is 0 Å². The standard InChI is InChI=1S/C9H12O2/c1-2-6-7-3-4-11-9(7)5-8(6)10/h2,7,9H,3-5H2,1H3/b6-2-/t7-,9-/m0/s1. The van der Waals surface area contributed by atoms with Crippen molar-refractivity contribution < 1.29 is 9.53 Å². The Morgan fingerprint density at radius 1 is 1.64 bits per heavy atom. The molecule has 60 valence electrons. The van der Waals surface area contributed by atoms with Gasteiger partial charge in [0.1, 0.15) is 0 Å². The summed E-state index contributed by atoms with van der Waals surface area (Å²) in [5, 5.41) is 0.